The second-order valence-electron chi connectivity index (χ2n) is 16.1. The number of aromatic nitrogens is 4. The van der Waals surface area contributed by atoms with Crippen molar-refractivity contribution in [2.24, 2.45) is 11.8 Å². The highest BCUT2D eigenvalue weighted by Crippen LogP contribution is 2.37. The van der Waals surface area contributed by atoms with Gasteiger partial charge in [0.15, 0.2) is 12.4 Å². The zero-order chi connectivity index (χ0) is 44.2. The van der Waals surface area contributed by atoms with Crippen LogP contribution in [0.25, 0.3) is 11.3 Å². The number of H-pyrrole nitrogens is 2. The van der Waals surface area contributed by atoms with E-state index >= 15 is 4.39 Å². The molecule has 3 aliphatic rings. The van der Waals surface area contributed by atoms with Crippen LogP contribution in [0.3, 0.4) is 0 Å². The number of amides is 3. The van der Waals surface area contributed by atoms with Crippen molar-refractivity contribution in [3.8, 4) is 11.3 Å². The van der Waals surface area contributed by atoms with Crippen molar-refractivity contribution < 1.29 is 51.1 Å². The number of carboxylic acids is 1. The van der Waals surface area contributed by atoms with Gasteiger partial charge in [-0.15, -0.1) is 0 Å². The fourth-order valence-corrected chi connectivity index (χ4v) is 8.72. The molecule has 5 heterocycles. The summed E-state index contributed by atoms with van der Waals surface area (Å²) >= 11 is 6.54. The number of carbonyl (C=O) groups is 4. The molecule has 0 bridgehead atoms. The molecule has 16 nitrogen and oxygen atoms in total. The van der Waals surface area contributed by atoms with E-state index in [2.05, 4.69) is 31.0 Å². The van der Waals surface area contributed by atoms with Crippen LogP contribution in [-0.4, -0.2) is 149 Å². The SMILES string of the molecule is COCCNc1ccc(-c2n[nH]c(C(F)(F)F)c2Cc2cnc(C(=O)Nc3ccc(C(=O)N4CCN(C(=O)C5CC[N+](CC(=O)O)(CC6CNC6)CC5)CC4)c(Cl)c3)[nH]2)c(F)c1. The topological polar surface area (TPSA) is 198 Å². The lowest BCUT2D eigenvalue weighted by molar-refractivity contribution is -0.929. The summed E-state index contributed by atoms with van der Waals surface area (Å²) in [6, 6.07) is 8.33. The Labute approximate surface area is 358 Å². The van der Waals surface area contributed by atoms with Crippen molar-refractivity contribution in [1.29, 1.82) is 0 Å². The highest BCUT2D eigenvalue weighted by molar-refractivity contribution is 6.34. The molecule has 0 aliphatic carbocycles. The standard InChI is InChI=1S/C41H47ClF4N10O6/c1-62-15-8-48-26-2-5-30(33(43)18-26)35-31(36(53-52-35)41(44,45)46)16-28-21-49-37(50-28)38(59)51-27-3-4-29(32(42)17-27)40(61)55-11-9-54(10-12-55)39(60)25-6-13-56(14-7-25,23-34(57)58)22-24-19-47-20-24/h2-5,17-18,21,24-25,47H,6-16,19-20,22-23H2,1H3,(H4-,48,49,50,51,52,53,57,58,59,61)/p+1. The fraction of sp³-hybridized carbons (Fsp3) is 0.463. The number of aliphatic carboxylic acids is 1. The van der Waals surface area contributed by atoms with E-state index in [9.17, 15) is 37.5 Å². The second-order valence-corrected chi connectivity index (χ2v) is 16.5. The Hall–Kier alpha value is -5.57. The first-order chi connectivity index (χ1) is 29.6. The van der Waals surface area contributed by atoms with E-state index in [1.165, 1.54) is 43.6 Å². The first kappa shape index (κ1) is 44.5. The van der Waals surface area contributed by atoms with Gasteiger partial charge in [-0.25, -0.2) is 14.2 Å². The van der Waals surface area contributed by atoms with E-state index in [1.807, 2.05) is 5.10 Å². The number of methoxy groups -OCH3 is 1. The maximum atomic E-state index is 15.2. The first-order valence-electron chi connectivity index (χ1n) is 20.3. The number of benzene rings is 2. The Morgan fingerprint density at radius 1 is 1.02 bits per heavy atom. The predicted octanol–water partition coefficient (Wildman–Crippen LogP) is 4.33. The smallest absolute Gasteiger partial charge is 0.433 e. The average molecular weight is 888 g/mol. The maximum absolute atomic E-state index is 15.2. The molecule has 0 saturated carbocycles. The van der Waals surface area contributed by atoms with Crippen LogP contribution in [0.4, 0.5) is 28.9 Å². The van der Waals surface area contributed by atoms with Gasteiger partial charge in [-0.05, 0) is 36.4 Å². The number of nitrogens with zero attached hydrogens (tertiary/aromatic N) is 5. The molecule has 21 heteroatoms. The Morgan fingerprint density at radius 3 is 2.35 bits per heavy atom. The Balaban J connectivity index is 0.934. The summed E-state index contributed by atoms with van der Waals surface area (Å²) in [5.41, 5.74) is -1.000. The number of imidazole rings is 1. The Kier molecular flexibility index (Phi) is 13.5. The molecule has 3 saturated heterocycles. The molecule has 0 radical (unpaired) electrons. The summed E-state index contributed by atoms with van der Waals surface area (Å²) in [6.45, 7) is 5.94. The van der Waals surface area contributed by atoms with Crippen LogP contribution in [0.1, 0.15) is 50.8 Å². The molecule has 3 aliphatic heterocycles. The van der Waals surface area contributed by atoms with Crippen LogP contribution in [-0.2, 0) is 26.9 Å². The summed E-state index contributed by atoms with van der Waals surface area (Å²) in [7, 11) is 1.51. The van der Waals surface area contributed by atoms with Crippen LogP contribution in [0.5, 0.6) is 0 Å². The third kappa shape index (κ3) is 10.2. The minimum atomic E-state index is -4.85. The number of hydrogen-bond acceptors (Lipinski definition) is 9. The first-order valence-corrected chi connectivity index (χ1v) is 20.7. The molecule has 0 atom stereocenters. The van der Waals surface area contributed by atoms with Crippen molar-refractivity contribution in [2.75, 3.05) is 96.3 Å². The molecule has 7 rings (SSSR count). The number of aromatic amines is 2. The number of anilines is 2. The number of piperidine rings is 1. The number of quaternary nitrogens is 1. The third-order valence-electron chi connectivity index (χ3n) is 11.8. The summed E-state index contributed by atoms with van der Waals surface area (Å²) < 4.78 is 62.9. The third-order valence-corrected chi connectivity index (χ3v) is 12.1. The van der Waals surface area contributed by atoms with Crippen molar-refractivity contribution in [3.63, 3.8) is 0 Å². The van der Waals surface area contributed by atoms with E-state index in [0.717, 1.165) is 25.7 Å². The highest BCUT2D eigenvalue weighted by Gasteiger charge is 2.42. The van der Waals surface area contributed by atoms with Gasteiger partial charge in [0.2, 0.25) is 5.91 Å². The molecular formula is C41H48ClF4N10O6+. The molecule has 6 N–H and O–H groups in total. The van der Waals surface area contributed by atoms with Gasteiger partial charge in [-0.2, -0.15) is 18.3 Å². The van der Waals surface area contributed by atoms with Crippen molar-refractivity contribution in [1.82, 2.24) is 35.3 Å². The van der Waals surface area contributed by atoms with Crippen LogP contribution in [0.2, 0.25) is 5.02 Å². The molecule has 2 aromatic heterocycles. The molecule has 0 spiro atoms. The lowest BCUT2D eigenvalue weighted by atomic mass is 9.90. The van der Waals surface area contributed by atoms with Crippen LogP contribution in [0.15, 0.2) is 42.6 Å². The molecule has 2 aromatic carbocycles. The lowest BCUT2D eigenvalue weighted by Gasteiger charge is -2.46. The lowest BCUT2D eigenvalue weighted by Crippen LogP contribution is -2.62. The number of hydrogen-bond donors (Lipinski definition) is 6. The van der Waals surface area contributed by atoms with Crippen molar-refractivity contribution in [2.45, 2.75) is 25.4 Å². The van der Waals surface area contributed by atoms with Crippen LogP contribution < -0.4 is 16.0 Å². The fourth-order valence-electron chi connectivity index (χ4n) is 8.46. The van der Waals surface area contributed by atoms with Crippen LogP contribution in [0, 0.1) is 17.7 Å². The minimum Gasteiger partial charge on any atom is -0.477 e. The van der Waals surface area contributed by atoms with E-state index in [0.29, 0.717) is 81.4 Å². The van der Waals surface area contributed by atoms with Gasteiger partial charge in [0.1, 0.15) is 11.5 Å². The Morgan fingerprint density at radius 2 is 1.73 bits per heavy atom. The number of likely N-dealkylation sites (tertiary alicyclic amines) is 1. The number of alkyl halides is 3. The van der Waals surface area contributed by atoms with Gasteiger partial charge in [-0.1, -0.05) is 11.6 Å². The normalized spacial score (nSPS) is 19.5. The largest absolute Gasteiger partial charge is 0.477 e. The second kappa shape index (κ2) is 18.8. The molecule has 332 valence electrons. The maximum Gasteiger partial charge on any atom is 0.433 e. The summed E-state index contributed by atoms with van der Waals surface area (Å²) in [5.74, 6) is -2.65. The minimum absolute atomic E-state index is 0.0263. The zero-order valence-electron chi connectivity index (χ0n) is 33.9. The van der Waals surface area contributed by atoms with Gasteiger partial charge >= 0.3 is 12.1 Å². The Bertz CT molecular complexity index is 2280. The average Bonchev–Trinajstić information content (AvgIpc) is 3.87. The predicted molar refractivity (Wildman–Crippen MR) is 219 cm³/mol. The van der Waals surface area contributed by atoms with E-state index in [-0.39, 0.29) is 68.9 Å². The quantitative estimate of drug-likeness (QED) is 0.0568. The molecule has 0 unspecified atom stereocenters. The number of halogens is 5. The molecule has 3 amide bonds. The van der Waals surface area contributed by atoms with Gasteiger partial charge < -0.3 is 45.1 Å². The molecular weight excluding hydrogens is 840 g/mol. The van der Waals surface area contributed by atoms with E-state index < -0.39 is 36.0 Å². The number of nitrogens with one attached hydrogen (secondary N) is 5. The number of piperazine rings is 1. The number of carboxylic acid groups (broad SMARTS) is 1. The van der Waals surface area contributed by atoms with Crippen molar-refractivity contribution >= 4 is 46.7 Å². The highest BCUT2D eigenvalue weighted by atomic mass is 35.5. The van der Waals surface area contributed by atoms with E-state index in [1.54, 1.807) is 9.80 Å². The van der Waals surface area contributed by atoms with Gasteiger partial charge in [0.25, 0.3) is 11.8 Å². The molecule has 62 heavy (non-hydrogen) atoms. The number of rotatable bonds is 15. The van der Waals surface area contributed by atoms with Crippen LogP contribution >= 0.6 is 11.6 Å². The molecule has 3 fully saturated rings. The molecule has 4 aromatic rings. The monoisotopic (exact) mass is 887 g/mol. The number of ether oxygens (including phenoxy) is 1. The van der Waals surface area contributed by atoms with Gasteiger partial charge in [-0.3, -0.25) is 19.5 Å². The summed E-state index contributed by atoms with van der Waals surface area (Å²) in [5, 5.41) is 24.3. The number of carbonyl (C=O) groups excluding carboxylic acids is 3. The van der Waals surface area contributed by atoms with E-state index in [4.69, 9.17) is 16.3 Å². The van der Waals surface area contributed by atoms with Crippen molar-refractivity contribution in [3.05, 3.63) is 81.8 Å². The zero-order valence-corrected chi connectivity index (χ0v) is 34.7. The summed E-state index contributed by atoms with van der Waals surface area (Å²) in [4.78, 5) is 62.1. The summed E-state index contributed by atoms with van der Waals surface area (Å²) in [6.07, 6.45) is -2.84. The van der Waals surface area contributed by atoms with Gasteiger partial charge in [0, 0.05) is 118 Å². The van der Waals surface area contributed by atoms with Gasteiger partial charge in [0.05, 0.1) is 42.5 Å².